The van der Waals surface area contributed by atoms with Gasteiger partial charge in [0.25, 0.3) is 0 Å². The topological polar surface area (TPSA) is 57.8 Å². The van der Waals surface area contributed by atoms with Crippen molar-refractivity contribution in [2.45, 2.75) is 18.9 Å². The van der Waals surface area contributed by atoms with Crippen LogP contribution in [-0.2, 0) is 11.3 Å². The summed E-state index contributed by atoms with van der Waals surface area (Å²) in [6.45, 7) is 0.461. The summed E-state index contributed by atoms with van der Waals surface area (Å²) in [5.41, 5.74) is 4.14. The number of aromatic nitrogens is 2. The Labute approximate surface area is 168 Å². The zero-order valence-electron chi connectivity index (χ0n) is 15.2. The van der Waals surface area contributed by atoms with Gasteiger partial charge >= 0.3 is 0 Å². The number of halogens is 1. The Hall–Kier alpha value is -3.11. The highest BCUT2D eigenvalue weighted by molar-refractivity contribution is 6.30. The number of benzene rings is 2. The van der Waals surface area contributed by atoms with Gasteiger partial charge in [-0.3, -0.25) is 9.78 Å². The summed E-state index contributed by atoms with van der Waals surface area (Å²) in [6, 6.07) is 19.7. The minimum atomic E-state index is -0.0938. The lowest BCUT2D eigenvalue weighted by Gasteiger charge is -2.17. The second-order valence-corrected chi connectivity index (χ2v) is 7.18. The quantitative estimate of drug-likeness (QED) is 0.484. The van der Waals surface area contributed by atoms with Gasteiger partial charge in [0.05, 0.1) is 0 Å². The summed E-state index contributed by atoms with van der Waals surface area (Å²) in [4.78, 5) is 20.1. The van der Waals surface area contributed by atoms with Gasteiger partial charge in [0.15, 0.2) is 0 Å². The van der Waals surface area contributed by atoms with Crippen molar-refractivity contribution >= 4 is 28.4 Å². The SMILES string of the molecule is O=C(CC(c1cccc(Cl)c1)c1c[nH]c2ccccc12)NCc1cccnc1. The van der Waals surface area contributed by atoms with Gasteiger partial charge in [-0.1, -0.05) is 48.0 Å². The van der Waals surface area contributed by atoms with E-state index in [1.54, 1.807) is 12.4 Å². The Morgan fingerprint density at radius 2 is 2.00 bits per heavy atom. The maximum absolute atomic E-state index is 12.7. The number of rotatable bonds is 6. The van der Waals surface area contributed by atoms with Gasteiger partial charge in [-0.25, -0.2) is 0 Å². The molecule has 1 amide bonds. The number of pyridine rings is 1. The minimum absolute atomic E-state index is 0.0147. The van der Waals surface area contributed by atoms with Crippen molar-refractivity contribution in [3.8, 4) is 0 Å². The fourth-order valence-electron chi connectivity index (χ4n) is 3.47. The van der Waals surface area contributed by atoms with E-state index < -0.39 is 0 Å². The van der Waals surface area contributed by atoms with Gasteiger partial charge in [-0.15, -0.1) is 0 Å². The maximum Gasteiger partial charge on any atom is 0.221 e. The van der Waals surface area contributed by atoms with Crippen LogP contribution >= 0.6 is 11.6 Å². The molecule has 2 aromatic heterocycles. The van der Waals surface area contributed by atoms with Crippen LogP contribution in [0.15, 0.2) is 79.3 Å². The molecule has 4 aromatic rings. The van der Waals surface area contributed by atoms with Crippen molar-refractivity contribution in [3.63, 3.8) is 0 Å². The van der Waals surface area contributed by atoms with Crippen molar-refractivity contribution in [2.24, 2.45) is 0 Å². The minimum Gasteiger partial charge on any atom is -0.361 e. The van der Waals surface area contributed by atoms with E-state index in [1.807, 2.05) is 60.8 Å². The smallest absolute Gasteiger partial charge is 0.221 e. The van der Waals surface area contributed by atoms with Crippen LogP contribution in [0.3, 0.4) is 0 Å². The first-order valence-electron chi connectivity index (χ1n) is 9.18. The van der Waals surface area contributed by atoms with E-state index in [4.69, 9.17) is 11.6 Å². The number of carbonyl (C=O) groups is 1. The van der Waals surface area contributed by atoms with E-state index in [0.717, 1.165) is 27.6 Å². The standard InChI is InChI=1S/C23H20ClN3O/c24-18-7-3-6-17(11-18)20(21-15-26-22-9-2-1-8-19(21)22)12-23(28)27-14-16-5-4-10-25-13-16/h1-11,13,15,20,26H,12,14H2,(H,27,28). The molecule has 5 heteroatoms. The van der Waals surface area contributed by atoms with E-state index in [-0.39, 0.29) is 11.8 Å². The molecule has 4 rings (SSSR count). The van der Waals surface area contributed by atoms with Crippen molar-refractivity contribution in [3.05, 3.63) is 101 Å². The molecule has 2 N–H and O–H groups in total. The summed E-state index contributed by atoms with van der Waals surface area (Å²) in [7, 11) is 0. The van der Waals surface area contributed by atoms with Crippen LogP contribution in [0.1, 0.15) is 29.0 Å². The van der Waals surface area contributed by atoms with Gasteiger partial charge < -0.3 is 10.3 Å². The fraction of sp³-hybridized carbons (Fsp3) is 0.130. The number of hydrogen-bond acceptors (Lipinski definition) is 2. The average Bonchev–Trinajstić information content (AvgIpc) is 3.15. The molecule has 0 aliphatic rings. The summed E-state index contributed by atoms with van der Waals surface area (Å²) in [6.07, 6.45) is 5.80. The number of H-pyrrole nitrogens is 1. The van der Waals surface area contributed by atoms with Crippen LogP contribution in [-0.4, -0.2) is 15.9 Å². The van der Waals surface area contributed by atoms with Crippen LogP contribution < -0.4 is 5.32 Å². The third kappa shape index (κ3) is 4.07. The first kappa shape index (κ1) is 18.3. The van der Waals surface area contributed by atoms with Gasteiger partial charge in [-0.2, -0.15) is 0 Å². The predicted octanol–water partition coefficient (Wildman–Crippen LogP) is 5.05. The van der Waals surface area contributed by atoms with Crippen LogP contribution in [0.5, 0.6) is 0 Å². The summed E-state index contributed by atoms with van der Waals surface area (Å²) >= 11 is 6.23. The van der Waals surface area contributed by atoms with E-state index in [9.17, 15) is 4.79 Å². The average molecular weight is 390 g/mol. The van der Waals surface area contributed by atoms with Crippen LogP contribution in [0.4, 0.5) is 0 Å². The van der Waals surface area contributed by atoms with Crippen molar-refractivity contribution in [1.29, 1.82) is 0 Å². The Morgan fingerprint density at radius 1 is 1.11 bits per heavy atom. The van der Waals surface area contributed by atoms with E-state index in [2.05, 4.69) is 21.4 Å². The molecule has 0 aliphatic carbocycles. The molecule has 0 spiro atoms. The highest BCUT2D eigenvalue weighted by atomic mass is 35.5. The summed E-state index contributed by atoms with van der Waals surface area (Å²) in [5.74, 6) is -0.108. The largest absolute Gasteiger partial charge is 0.361 e. The zero-order chi connectivity index (χ0) is 19.3. The van der Waals surface area contributed by atoms with Gasteiger partial charge in [-0.05, 0) is 41.0 Å². The second kappa shape index (κ2) is 8.28. The Morgan fingerprint density at radius 3 is 2.82 bits per heavy atom. The molecule has 28 heavy (non-hydrogen) atoms. The molecular formula is C23H20ClN3O. The highest BCUT2D eigenvalue weighted by Crippen LogP contribution is 2.34. The third-order valence-corrected chi connectivity index (χ3v) is 5.08. The molecular weight excluding hydrogens is 370 g/mol. The number of aromatic amines is 1. The predicted molar refractivity (Wildman–Crippen MR) is 112 cm³/mol. The molecule has 4 nitrogen and oxygen atoms in total. The van der Waals surface area contributed by atoms with E-state index in [0.29, 0.717) is 18.0 Å². The first-order chi connectivity index (χ1) is 13.7. The molecule has 0 bridgehead atoms. The van der Waals surface area contributed by atoms with Crippen LogP contribution in [0, 0.1) is 0 Å². The molecule has 2 heterocycles. The van der Waals surface area contributed by atoms with Gasteiger partial charge in [0, 0.05) is 53.4 Å². The lowest BCUT2D eigenvalue weighted by Crippen LogP contribution is -2.25. The molecule has 0 fully saturated rings. The van der Waals surface area contributed by atoms with E-state index in [1.165, 1.54) is 0 Å². The first-order valence-corrected chi connectivity index (χ1v) is 9.55. The number of para-hydroxylation sites is 1. The molecule has 1 unspecified atom stereocenters. The lowest BCUT2D eigenvalue weighted by atomic mass is 9.88. The molecule has 0 radical (unpaired) electrons. The molecule has 0 saturated carbocycles. The highest BCUT2D eigenvalue weighted by Gasteiger charge is 2.21. The Bertz CT molecular complexity index is 1090. The number of nitrogens with zero attached hydrogens (tertiary/aromatic N) is 1. The molecule has 0 saturated heterocycles. The van der Waals surface area contributed by atoms with Crippen LogP contribution in [0.2, 0.25) is 5.02 Å². The maximum atomic E-state index is 12.7. The van der Waals surface area contributed by atoms with Crippen molar-refractivity contribution in [2.75, 3.05) is 0 Å². The van der Waals surface area contributed by atoms with Crippen molar-refractivity contribution in [1.82, 2.24) is 15.3 Å². The molecule has 2 aromatic carbocycles. The summed E-state index contributed by atoms with van der Waals surface area (Å²) in [5, 5.41) is 4.78. The van der Waals surface area contributed by atoms with Gasteiger partial charge in [0.2, 0.25) is 5.91 Å². The number of nitrogens with one attached hydrogen (secondary N) is 2. The Balaban J connectivity index is 1.61. The number of carbonyl (C=O) groups excluding carboxylic acids is 1. The monoisotopic (exact) mass is 389 g/mol. The lowest BCUT2D eigenvalue weighted by molar-refractivity contribution is -0.121. The second-order valence-electron chi connectivity index (χ2n) is 6.74. The third-order valence-electron chi connectivity index (χ3n) is 4.85. The van der Waals surface area contributed by atoms with Gasteiger partial charge in [0.1, 0.15) is 0 Å². The molecule has 1 atom stereocenters. The number of amides is 1. The van der Waals surface area contributed by atoms with E-state index >= 15 is 0 Å². The van der Waals surface area contributed by atoms with Crippen molar-refractivity contribution < 1.29 is 4.79 Å². The Kier molecular flexibility index (Phi) is 5.40. The molecule has 140 valence electrons. The number of fused-ring (bicyclic) bond motifs is 1. The zero-order valence-corrected chi connectivity index (χ0v) is 16.0. The fourth-order valence-corrected chi connectivity index (χ4v) is 3.67. The number of hydrogen-bond donors (Lipinski definition) is 2. The van der Waals surface area contributed by atoms with Crippen LogP contribution in [0.25, 0.3) is 10.9 Å². The summed E-state index contributed by atoms with van der Waals surface area (Å²) < 4.78 is 0. The molecule has 0 aliphatic heterocycles. The normalized spacial score (nSPS) is 12.0.